The summed E-state index contributed by atoms with van der Waals surface area (Å²) >= 11 is 0. The molecular formula is C14H28N2O. The van der Waals surface area contributed by atoms with E-state index in [1.165, 1.54) is 45.2 Å². The van der Waals surface area contributed by atoms with Crippen molar-refractivity contribution in [2.75, 3.05) is 33.4 Å². The van der Waals surface area contributed by atoms with Crippen LogP contribution >= 0.6 is 0 Å². The Morgan fingerprint density at radius 3 is 2.94 bits per heavy atom. The lowest BCUT2D eigenvalue weighted by Crippen LogP contribution is -2.43. The zero-order valence-corrected chi connectivity index (χ0v) is 11.5. The molecule has 1 aliphatic heterocycles. The number of hydrogen-bond acceptors (Lipinski definition) is 3. The molecule has 2 fully saturated rings. The third kappa shape index (κ3) is 3.67. The molecule has 0 aromatic heterocycles. The van der Waals surface area contributed by atoms with Crippen molar-refractivity contribution in [1.82, 2.24) is 10.2 Å². The van der Waals surface area contributed by atoms with E-state index in [2.05, 4.69) is 17.1 Å². The van der Waals surface area contributed by atoms with E-state index < -0.39 is 0 Å². The van der Waals surface area contributed by atoms with Crippen LogP contribution in [-0.2, 0) is 4.74 Å². The minimum Gasteiger partial charge on any atom is -0.384 e. The lowest BCUT2D eigenvalue weighted by atomic mass is 9.97. The quantitative estimate of drug-likeness (QED) is 0.794. The maximum atomic E-state index is 5.31. The van der Waals surface area contributed by atoms with Gasteiger partial charge in [-0.2, -0.15) is 0 Å². The normalized spacial score (nSPS) is 35.3. The molecule has 3 atom stereocenters. The highest BCUT2D eigenvalue weighted by atomic mass is 16.5. The predicted molar refractivity (Wildman–Crippen MR) is 71.3 cm³/mol. The van der Waals surface area contributed by atoms with E-state index >= 15 is 0 Å². The Morgan fingerprint density at radius 2 is 2.18 bits per heavy atom. The average Bonchev–Trinajstić information content (AvgIpc) is 2.79. The third-order valence-electron chi connectivity index (χ3n) is 4.37. The summed E-state index contributed by atoms with van der Waals surface area (Å²) in [5, 5.41) is 3.60. The Hall–Kier alpha value is -0.120. The van der Waals surface area contributed by atoms with E-state index in [9.17, 15) is 0 Å². The second-order valence-corrected chi connectivity index (χ2v) is 5.68. The standard InChI is InChI=1S/C14H28N2O/c1-3-15-13-6-7-14(9-13)16-8-4-5-12(10-16)11-17-2/h12-15H,3-11H2,1-2H3. The monoisotopic (exact) mass is 240 g/mol. The van der Waals surface area contributed by atoms with Gasteiger partial charge in [-0.25, -0.2) is 0 Å². The second-order valence-electron chi connectivity index (χ2n) is 5.68. The Kier molecular flexibility index (Phi) is 5.26. The van der Waals surface area contributed by atoms with Crippen LogP contribution < -0.4 is 5.32 Å². The molecule has 2 rings (SSSR count). The van der Waals surface area contributed by atoms with Crippen molar-refractivity contribution >= 4 is 0 Å². The number of nitrogens with zero attached hydrogens (tertiary/aromatic N) is 1. The van der Waals surface area contributed by atoms with Crippen LogP contribution in [0.4, 0.5) is 0 Å². The van der Waals surface area contributed by atoms with Crippen LogP contribution in [0.2, 0.25) is 0 Å². The van der Waals surface area contributed by atoms with E-state index in [1.54, 1.807) is 0 Å². The fourth-order valence-electron chi connectivity index (χ4n) is 3.56. The molecule has 100 valence electrons. The minimum atomic E-state index is 0.770. The average molecular weight is 240 g/mol. The van der Waals surface area contributed by atoms with Gasteiger partial charge in [0.05, 0.1) is 6.61 Å². The van der Waals surface area contributed by atoms with Gasteiger partial charge in [0.25, 0.3) is 0 Å². The first-order valence-corrected chi connectivity index (χ1v) is 7.29. The first-order valence-electron chi connectivity index (χ1n) is 7.29. The first kappa shape index (κ1) is 13.3. The number of ether oxygens (including phenoxy) is 1. The summed E-state index contributed by atoms with van der Waals surface area (Å²) < 4.78 is 5.31. The van der Waals surface area contributed by atoms with Gasteiger partial charge in [0.1, 0.15) is 0 Å². The van der Waals surface area contributed by atoms with Crippen molar-refractivity contribution in [2.24, 2.45) is 5.92 Å². The molecule has 0 aromatic rings. The van der Waals surface area contributed by atoms with Crippen LogP contribution in [0.5, 0.6) is 0 Å². The minimum absolute atomic E-state index is 0.770. The molecule has 1 N–H and O–H groups in total. The van der Waals surface area contributed by atoms with E-state index in [-0.39, 0.29) is 0 Å². The van der Waals surface area contributed by atoms with Gasteiger partial charge in [-0.05, 0) is 51.1 Å². The largest absolute Gasteiger partial charge is 0.384 e. The van der Waals surface area contributed by atoms with E-state index in [0.29, 0.717) is 0 Å². The molecule has 0 amide bonds. The summed E-state index contributed by atoms with van der Waals surface area (Å²) in [6.45, 7) is 6.84. The van der Waals surface area contributed by atoms with Crippen LogP contribution in [-0.4, -0.2) is 50.3 Å². The van der Waals surface area contributed by atoms with Gasteiger partial charge in [-0.3, -0.25) is 4.90 Å². The summed E-state index contributed by atoms with van der Waals surface area (Å²) in [5.41, 5.74) is 0. The number of methoxy groups -OCH3 is 1. The van der Waals surface area contributed by atoms with E-state index in [4.69, 9.17) is 4.74 Å². The van der Waals surface area contributed by atoms with Gasteiger partial charge in [-0.1, -0.05) is 6.92 Å². The van der Waals surface area contributed by atoms with Crippen molar-refractivity contribution in [3.05, 3.63) is 0 Å². The summed E-state index contributed by atoms with van der Waals surface area (Å²) in [6, 6.07) is 1.60. The molecular weight excluding hydrogens is 212 g/mol. The molecule has 1 aliphatic carbocycles. The Bertz CT molecular complexity index is 220. The number of hydrogen-bond donors (Lipinski definition) is 1. The zero-order chi connectivity index (χ0) is 12.1. The smallest absolute Gasteiger partial charge is 0.0502 e. The maximum absolute atomic E-state index is 5.31. The van der Waals surface area contributed by atoms with Crippen LogP contribution in [0.25, 0.3) is 0 Å². The molecule has 1 saturated heterocycles. The molecule has 1 saturated carbocycles. The lowest BCUT2D eigenvalue weighted by molar-refractivity contribution is 0.0689. The Balaban J connectivity index is 1.78. The van der Waals surface area contributed by atoms with Crippen LogP contribution in [0.15, 0.2) is 0 Å². The molecule has 3 heteroatoms. The van der Waals surface area contributed by atoms with Crippen molar-refractivity contribution in [1.29, 1.82) is 0 Å². The van der Waals surface area contributed by atoms with Gasteiger partial charge in [0.15, 0.2) is 0 Å². The third-order valence-corrected chi connectivity index (χ3v) is 4.37. The van der Waals surface area contributed by atoms with Crippen molar-refractivity contribution in [2.45, 2.75) is 51.1 Å². The fourth-order valence-corrected chi connectivity index (χ4v) is 3.56. The van der Waals surface area contributed by atoms with Gasteiger partial charge in [0.2, 0.25) is 0 Å². The molecule has 2 aliphatic rings. The van der Waals surface area contributed by atoms with Gasteiger partial charge < -0.3 is 10.1 Å². The van der Waals surface area contributed by atoms with Crippen LogP contribution in [0.1, 0.15) is 39.0 Å². The SMILES string of the molecule is CCNC1CCC(N2CCCC(COC)C2)C1. The summed E-state index contributed by atoms with van der Waals surface area (Å²) in [4.78, 5) is 2.73. The van der Waals surface area contributed by atoms with Crippen LogP contribution in [0.3, 0.4) is 0 Å². The van der Waals surface area contributed by atoms with E-state index in [1.807, 2.05) is 7.11 Å². The van der Waals surface area contributed by atoms with Crippen molar-refractivity contribution < 1.29 is 4.74 Å². The zero-order valence-electron chi connectivity index (χ0n) is 11.5. The Labute approximate surface area is 106 Å². The fraction of sp³-hybridized carbons (Fsp3) is 1.00. The second kappa shape index (κ2) is 6.72. The highest BCUT2D eigenvalue weighted by molar-refractivity contribution is 4.88. The number of nitrogens with one attached hydrogen (secondary N) is 1. The summed E-state index contributed by atoms with van der Waals surface area (Å²) in [7, 11) is 1.83. The topological polar surface area (TPSA) is 24.5 Å². The molecule has 1 heterocycles. The van der Waals surface area contributed by atoms with E-state index in [0.717, 1.165) is 31.2 Å². The molecule has 0 aromatic carbocycles. The lowest BCUT2D eigenvalue weighted by Gasteiger charge is -2.36. The molecule has 0 radical (unpaired) electrons. The summed E-state index contributed by atoms with van der Waals surface area (Å²) in [5.74, 6) is 0.770. The molecule has 3 unspecified atom stereocenters. The molecule has 0 spiro atoms. The highest BCUT2D eigenvalue weighted by Crippen LogP contribution is 2.28. The first-order chi connectivity index (χ1) is 8.33. The van der Waals surface area contributed by atoms with Gasteiger partial charge in [0, 0.05) is 25.7 Å². The number of likely N-dealkylation sites (tertiary alicyclic amines) is 1. The van der Waals surface area contributed by atoms with Crippen LogP contribution in [0, 0.1) is 5.92 Å². The predicted octanol–water partition coefficient (Wildman–Crippen LogP) is 1.88. The highest BCUT2D eigenvalue weighted by Gasteiger charge is 2.31. The maximum Gasteiger partial charge on any atom is 0.0502 e. The molecule has 0 bridgehead atoms. The van der Waals surface area contributed by atoms with Crippen molar-refractivity contribution in [3.8, 4) is 0 Å². The molecule has 17 heavy (non-hydrogen) atoms. The summed E-state index contributed by atoms with van der Waals surface area (Å²) in [6.07, 6.45) is 6.82. The van der Waals surface area contributed by atoms with Gasteiger partial charge in [-0.15, -0.1) is 0 Å². The molecule has 3 nitrogen and oxygen atoms in total. The number of rotatable bonds is 5. The number of piperidine rings is 1. The van der Waals surface area contributed by atoms with Gasteiger partial charge >= 0.3 is 0 Å². The van der Waals surface area contributed by atoms with Crippen molar-refractivity contribution in [3.63, 3.8) is 0 Å². The Morgan fingerprint density at radius 1 is 1.29 bits per heavy atom.